The van der Waals surface area contributed by atoms with Gasteiger partial charge in [0.15, 0.2) is 0 Å². The van der Waals surface area contributed by atoms with Crippen LogP contribution in [0, 0.1) is 0 Å². The smallest absolute Gasteiger partial charge is 0.221 e. The van der Waals surface area contributed by atoms with Crippen LogP contribution < -0.4 is 10.1 Å². The standard InChI is InChI=1S/C17H20N4O2S/c1-11(22)18-13-8-6-12(7-9-13)16-20-21(2)17(24-16)19-14-4-3-5-15(23)10-14/h6-9,14H,3-5,10H2,1-2H3,(H,18,22). The summed E-state index contributed by atoms with van der Waals surface area (Å²) in [6.07, 6.45) is 3.11. The Morgan fingerprint density at radius 1 is 1.38 bits per heavy atom. The molecule has 0 bridgehead atoms. The van der Waals surface area contributed by atoms with Gasteiger partial charge in [0.25, 0.3) is 0 Å². The molecule has 1 aliphatic rings. The minimum Gasteiger partial charge on any atom is -0.326 e. The molecule has 1 fully saturated rings. The van der Waals surface area contributed by atoms with Gasteiger partial charge < -0.3 is 5.32 Å². The van der Waals surface area contributed by atoms with Gasteiger partial charge in [-0.25, -0.2) is 4.68 Å². The van der Waals surface area contributed by atoms with E-state index < -0.39 is 0 Å². The Kier molecular flexibility index (Phi) is 4.89. The molecule has 1 aromatic heterocycles. The summed E-state index contributed by atoms with van der Waals surface area (Å²) in [6, 6.07) is 7.65. The first kappa shape index (κ1) is 16.6. The van der Waals surface area contributed by atoms with Gasteiger partial charge in [-0.15, -0.1) is 0 Å². The van der Waals surface area contributed by atoms with Crippen molar-refractivity contribution in [3.63, 3.8) is 0 Å². The average molecular weight is 344 g/mol. The highest BCUT2D eigenvalue weighted by molar-refractivity contribution is 7.12. The molecule has 0 spiro atoms. The maximum Gasteiger partial charge on any atom is 0.221 e. The fourth-order valence-corrected chi connectivity index (χ4v) is 3.71. The Bertz CT molecular complexity index is 820. The Morgan fingerprint density at radius 3 is 2.79 bits per heavy atom. The van der Waals surface area contributed by atoms with Crippen LogP contribution in [-0.2, 0) is 16.6 Å². The molecule has 3 rings (SSSR count). The van der Waals surface area contributed by atoms with Crippen LogP contribution in [0.3, 0.4) is 0 Å². The Labute approximate surface area is 144 Å². The first-order valence-corrected chi connectivity index (χ1v) is 8.80. The molecule has 1 atom stereocenters. The minimum absolute atomic E-state index is 0.0768. The lowest BCUT2D eigenvalue weighted by molar-refractivity contribution is -0.120. The molecule has 1 heterocycles. The molecule has 24 heavy (non-hydrogen) atoms. The number of carbonyl (C=O) groups excluding carboxylic acids is 2. The molecule has 1 N–H and O–H groups in total. The summed E-state index contributed by atoms with van der Waals surface area (Å²) in [5, 5.41) is 8.14. The normalized spacial score (nSPS) is 18.7. The third-order valence-corrected chi connectivity index (χ3v) is 4.97. The molecular weight excluding hydrogens is 324 g/mol. The molecule has 1 saturated carbocycles. The molecule has 126 valence electrons. The Balaban J connectivity index is 1.83. The summed E-state index contributed by atoms with van der Waals surface area (Å²) in [7, 11) is 1.87. The third-order valence-electron chi connectivity index (χ3n) is 3.91. The van der Waals surface area contributed by atoms with Gasteiger partial charge in [-0.2, -0.15) is 5.10 Å². The lowest BCUT2D eigenvalue weighted by Gasteiger charge is -2.15. The van der Waals surface area contributed by atoms with Crippen LogP contribution in [0.5, 0.6) is 0 Å². The molecule has 0 saturated heterocycles. The van der Waals surface area contributed by atoms with Crippen molar-refractivity contribution in [2.24, 2.45) is 12.0 Å². The van der Waals surface area contributed by atoms with E-state index in [9.17, 15) is 9.59 Å². The van der Waals surface area contributed by atoms with Crippen molar-refractivity contribution in [3.05, 3.63) is 29.1 Å². The summed E-state index contributed by atoms with van der Waals surface area (Å²) in [5.74, 6) is 0.211. The zero-order valence-electron chi connectivity index (χ0n) is 13.8. The van der Waals surface area contributed by atoms with Gasteiger partial charge in [0.05, 0.1) is 6.04 Å². The second kappa shape index (κ2) is 7.09. The zero-order chi connectivity index (χ0) is 17.1. The number of hydrogen-bond acceptors (Lipinski definition) is 5. The number of benzene rings is 1. The van der Waals surface area contributed by atoms with Gasteiger partial charge in [-0.05, 0) is 37.1 Å². The summed E-state index contributed by atoms with van der Waals surface area (Å²) in [4.78, 5) is 28.2. The number of rotatable bonds is 3. The van der Waals surface area contributed by atoms with Crippen molar-refractivity contribution < 1.29 is 9.59 Å². The van der Waals surface area contributed by atoms with Gasteiger partial charge >= 0.3 is 0 Å². The van der Waals surface area contributed by atoms with E-state index in [1.54, 1.807) is 4.68 Å². The van der Waals surface area contributed by atoms with E-state index in [4.69, 9.17) is 4.99 Å². The fraction of sp³-hybridized carbons (Fsp3) is 0.412. The Morgan fingerprint density at radius 2 is 2.12 bits per heavy atom. The van der Waals surface area contributed by atoms with Crippen LogP contribution in [0.4, 0.5) is 5.69 Å². The minimum atomic E-state index is -0.0912. The van der Waals surface area contributed by atoms with E-state index >= 15 is 0 Å². The highest BCUT2D eigenvalue weighted by atomic mass is 32.1. The van der Waals surface area contributed by atoms with Crippen molar-refractivity contribution in [2.75, 3.05) is 5.32 Å². The van der Waals surface area contributed by atoms with E-state index in [2.05, 4.69) is 10.4 Å². The molecule has 0 radical (unpaired) electrons. The topological polar surface area (TPSA) is 76.3 Å². The Hall–Kier alpha value is -2.28. The quantitative estimate of drug-likeness (QED) is 0.929. The maximum atomic E-state index is 11.6. The number of nitrogens with one attached hydrogen (secondary N) is 1. The van der Waals surface area contributed by atoms with E-state index in [0.717, 1.165) is 33.9 Å². The largest absolute Gasteiger partial charge is 0.326 e. The third kappa shape index (κ3) is 3.97. The SMILES string of the molecule is CC(=O)Nc1ccc(-c2nn(C)c(=NC3CCCC(=O)C3)s2)cc1. The van der Waals surface area contributed by atoms with Crippen molar-refractivity contribution in [3.8, 4) is 10.6 Å². The number of amides is 1. The number of carbonyl (C=O) groups is 2. The van der Waals surface area contributed by atoms with Gasteiger partial charge in [-0.1, -0.05) is 11.3 Å². The molecule has 1 aliphatic carbocycles. The molecule has 1 aromatic carbocycles. The average Bonchev–Trinajstić information content (AvgIpc) is 2.88. The van der Waals surface area contributed by atoms with Crippen molar-refractivity contribution in [2.45, 2.75) is 38.6 Å². The molecule has 2 aromatic rings. The van der Waals surface area contributed by atoms with E-state index in [0.29, 0.717) is 18.6 Å². The van der Waals surface area contributed by atoms with Crippen LogP contribution in [0.25, 0.3) is 10.6 Å². The number of anilines is 1. The number of aromatic nitrogens is 2. The molecule has 6 nitrogen and oxygen atoms in total. The predicted molar refractivity (Wildman–Crippen MR) is 93.7 cm³/mol. The van der Waals surface area contributed by atoms with Gasteiger partial charge in [0, 0.05) is 38.1 Å². The molecular formula is C17H20N4O2S. The number of Topliss-reactive ketones (excluding diaryl/α,β-unsaturated/α-hetero) is 1. The van der Waals surface area contributed by atoms with Crippen LogP contribution in [0.2, 0.25) is 0 Å². The highest BCUT2D eigenvalue weighted by Crippen LogP contribution is 2.22. The second-order valence-corrected chi connectivity index (χ2v) is 6.95. The molecule has 1 unspecified atom stereocenters. The molecule has 1 amide bonds. The molecule has 7 heteroatoms. The number of nitrogens with zero attached hydrogens (tertiary/aromatic N) is 3. The fourth-order valence-electron chi connectivity index (χ4n) is 2.75. The zero-order valence-corrected chi connectivity index (χ0v) is 14.6. The summed E-state index contributed by atoms with van der Waals surface area (Å²) >= 11 is 1.51. The second-order valence-electron chi connectivity index (χ2n) is 5.99. The van der Waals surface area contributed by atoms with Gasteiger partial charge in [0.2, 0.25) is 10.7 Å². The van der Waals surface area contributed by atoms with Crippen molar-refractivity contribution in [1.29, 1.82) is 0 Å². The lowest BCUT2D eigenvalue weighted by Crippen LogP contribution is -2.22. The van der Waals surface area contributed by atoms with E-state index in [1.807, 2.05) is 31.3 Å². The van der Waals surface area contributed by atoms with Crippen LogP contribution in [-0.4, -0.2) is 27.5 Å². The van der Waals surface area contributed by atoms with Crippen LogP contribution in [0.15, 0.2) is 29.3 Å². The number of hydrogen-bond donors (Lipinski definition) is 1. The number of aryl methyl sites for hydroxylation is 1. The first-order chi connectivity index (χ1) is 11.5. The van der Waals surface area contributed by atoms with Gasteiger partial charge in [-0.3, -0.25) is 14.6 Å². The lowest BCUT2D eigenvalue weighted by atomic mass is 9.95. The molecule has 0 aliphatic heterocycles. The summed E-state index contributed by atoms with van der Waals surface area (Å²) in [6.45, 7) is 1.48. The highest BCUT2D eigenvalue weighted by Gasteiger charge is 2.19. The predicted octanol–water partition coefficient (Wildman–Crippen LogP) is 2.52. The monoisotopic (exact) mass is 344 g/mol. The summed E-state index contributed by atoms with van der Waals surface area (Å²) < 4.78 is 1.76. The van der Waals surface area contributed by atoms with E-state index in [1.165, 1.54) is 18.3 Å². The first-order valence-electron chi connectivity index (χ1n) is 7.99. The summed E-state index contributed by atoms with van der Waals surface area (Å²) in [5.41, 5.74) is 1.74. The maximum absolute atomic E-state index is 11.6. The van der Waals surface area contributed by atoms with Crippen LogP contribution in [0.1, 0.15) is 32.6 Å². The van der Waals surface area contributed by atoms with E-state index in [-0.39, 0.29) is 11.9 Å². The van der Waals surface area contributed by atoms with Gasteiger partial charge in [0.1, 0.15) is 10.8 Å². The van der Waals surface area contributed by atoms with Crippen molar-refractivity contribution in [1.82, 2.24) is 9.78 Å². The van der Waals surface area contributed by atoms with Crippen molar-refractivity contribution >= 4 is 28.7 Å². The number of ketones is 1. The van der Waals surface area contributed by atoms with Crippen LogP contribution >= 0.6 is 11.3 Å².